The first-order valence-electron chi connectivity index (χ1n) is 6.35. The smallest absolute Gasteiger partial charge is 0.344 e. The van der Waals surface area contributed by atoms with Crippen LogP contribution >= 0.6 is 0 Å². The fourth-order valence-electron chi connectivity index (χ4n) is 2.46. The quantitative estimate of drug-likeness (QED) is 0.547. The van der Waals surface area contributed by atoms with Crippen LogP contribution in [0.4, 0.5) is 0 Å². The summed E-state index contributed by atoms with van der Waals surface area (Å²) in [4.78, 5) is 12.2. The number of methoxy groups -OCH3 is 3. The van der Waals surface area contributed by atoms with Crippen LogP contribution in [-0.4, -0.2) is 21.3 Å². The second-order valence-corrected chi connectivity index (χ2v) is 4.48. The predicted octanol–water partition coefficient (Wildman–Crippen LogP) is 2.97. The van der Waals surface area contributed by atoms with Gasteiger partial charge in [0.05, 0.1) is 32.1 Å². The molecule has 0 spiro atoms. The first-order valence-corrected chi connectivity index (χ1v) is 6.35. The minimum absolute atomic E-state index is 0.396. The van der Waals surface area contributed by atoms with E-state index in [1.807, 2.05) is 0 Å². The standard InChI is InChI=1S/C16H14O5/c1-18-9-7-12(20-3)15-13(8-9)21-16(17)10-5-4-6-11(19-2)14(10)15/h4-8H,1-3H3. The summed E-state index contributed by atoms with van der Waals surface area (Å²) in [5, 5.41) is 1.81. The van der Waals surface area contributed by atoms with Gasteiger partial charge >= 0.3 is 5.63 Å². The Labute approximate surface area is 120 Å². The number of benzene rings is 2. The summed E-state index contributed by atoms with van der Waals surface area (Å²) >= 11 is 0. The molecule has 0 saturated heterocycles. The second-order valence-electron chi connectivity index (χ2n) is 4.48. The van der Waals surface area contributed by atoms with Gasteiger partial charge in [-0.2, -0.15) is 0 Å². The monoisotopic (exact) mass is 286 g/mol. The van der Waals surface area contributed by atoms with Gasteiger partial charge in [-0.1, -0.05) is 6.07 Å². The molecule has 0 radical (unpaired) electrons. The van der Waals surface area contributed by atoms with Gasteiger partial charge in [0.25, 0.3) is 0 Å². The van der Waals surface area contributed by atoms with Crippen molar-refractivity contribution < 1.29 is 18.6 Å². The van der Waals surface area contributed by atoms with Gasteiger partial charge in [0.1, 0.15) is 22.8 Å². The Bertz CT molecular complexity index is 879. The molecule has 21 heavy (non-hydrogen) atoms. The topological polar surface area (TPSA) is 57.9 Å². The van der Waals surface area contributed by atoms with E-state index in [0.717, 1.165) is 0 Å². The largest absolute Gasteiger partial charge is 0.496 e. The SMILES string of the molecule is COc1cc(OC)c2c(c1)oc(=O)c1cccc(OC)c12. The molecule has 3 aromatic rings. The van der Waals surface area contributed by atoms with Gasteiger partial charge in [-0.25, -0.2) is 4.79 Å². The van der Waals surface area contributed by atoms with Gasteiger partial charge in [-0.05, 0) is 12.1 Å². The predicted molar refractivity (Wildman–Crippen MR) is 79.6 cm³/mol. The number of fused-ring (bicyclic) bond motifs is 3. The van der Waals surface area contributed by atoms with Crippen molar-refractivity contribution in [1.29, 1.82) is 0 Å². The highest BCUT2D eigenvalue weighted by Gasteiger charge is 2.16. The number of ether oxygens (including phenoxy) is 3. The van der Waals surface area contributed by atoms with E-state index in [4.69, 9.17) is 18.6 Å². The van der Waals surface area contributed by atoms with Crippen molar-refractivity contribution in [2.45, 2.75) is 0 Å². The number of hydrogen-bond donors (Lipinski definition) is 0. The molecular weight excluding hydrogens is 272 g/mol. The zero-order valence-corrected chi connectivity index (χ0v) is 11.9. The Balaban J connectivity index is 2.61. The molecule has 1 heterocycles. The minimum Gasteiger partial charge on any atom is -0.496 e. The molecule has 0 aliphatic heterocycles. The highest BCUT2D eigenvalue weighted by Crippen LogP contribution is 2.38. The van der Waals surface area contributed by atoms with Crippen LogP contribution < -0.4 is 19.8 Å². The molecule has 108 valence electrons. The molecule has 5 heteroatoms. The van der Waals surface area contributed by atoms with Gasteiger partial charge in [0.15, 0.2) is 0 Å². The number of rotatable bonds is 3. The Morgan fingerprint density at radius 3 is 2.33 bits per heavy atom. The first-order chi connectivity index (χ1) is 10.2. The van der Waals surface area contributed by atoms with Crippen LogP contribution in [0.3, 0.4) is 0 Å². The van der Waals surface area contributed by atoms with Crippen molar-refractivity contribution >= 4 is 21.7 Å². The van der Waals surface area contributed by atoms with E-state index < -0.39 is 5.63 Å². The molecular formula is C16H14O5. The molecule has 0 amide bonds. The Hall–Kier alpha value is -2.69. The van der Waals surface area contributed by atoms with Gasteiger partial charge in [0.2, 0.25) is 0 Å². The first kappa shape index (κ1) is 13.3. The van der Waals surface area contributed by atoms with Crippen LogP contribution in [0.1, 0.15) is 0 Å². The van der Waals surface area contributed by atoms with Crippen molar-refractivity contribution in [1.82, 2.24) is 0 Å². The molecule has 0 N–H and O–H groups in total. The maximum absolute atomic E-state index is 12.2. The molecule has 0 bridgehead atoms. The lowest BCUT2D eigenvalue weighted by molar-refractivity contribution is 0.396. The number of hydrogen-bond acceptors (Lipinski definition) is 5. The van der Waals surface area contributed by atoms with E-state index >= 15 is 0 Å². The van der Waals surface area contributed by atoms with Crippen molar-refractivity contribution in [3.63, 3.8) is 0 Å². The fraction of sp³-hybridized carbons (Fsp3) is 0.188. The van der Waals surface area contributed by atoms with Gasteiger partial charge < -0.3 is 18.6 Å². The highest BCUT2D eigenvalue weighted by atomic mass is 16.5. The van der Waals surface area contributed by atoms with Crippen LogP contribution in [0.2, 0.25) is 0 Å². The summed E-state index contributed by atoms with van der Waals surface area (Å²) in [7, 11) is 4.66. The van der Waals surface area contributed by atoms with E-state index in [1.54, 1.807) is 51.7 Å². The molecule has 0 atom stereocenters. The van der Waals surface area contributed by atoms with Crippen LogP contribution in [-0.2, 0) is 0 Å². The maximum atomic E-state index is 12.2. The fourth-order valence-corrected chi connectivity index (χ4v) is 2.46. The third-order valence-electron chi connectivity index (χ3n) is 3.41. The molecule has 0 fully saturated rings. The minimum atomic E-state index is -0.424. The van der Waals surface area contributed by atoms with Gasteiger partial charge in [-0.3, -0.25) is 0 Å². The zero-order valence-electron chi connectivity index (χ0n) is 11.9. The lowest BCUT2D eigenvalue weighted by atomic mass is 10.1. The summed E-state index contributed by atoms with van der Waals surface area (Å²) in [5.41, 5.74) is -0.0279. The van der Waals surface area contributed by atoms with Crippen molar-refractivity contribution in [2.75, 3.05) is 21.3 Å². The normalized spacial score (nSPS) is 10.8. The maximum Gasteiger partial charge on any atom is 0.344 e. The van der Waals surface area contributed by atoms with E-state index in [2.05, 4.69) is 0 Å². The average molecular weight is 286 g/mol. The van der Waals surface area contributed by atoms with E-state index in [9.17, 15) is 4.79 Å². The molecule has 0 saturated carbocycles. The van der Waals surface area contributed by atoms with Crippen molar-refractivity contribution in [3.05, 3.63) is 40.8 Å². The third kappa shape index (κ3) is 1.98. The van der Waals surface area contributed by atoms with Crippen molar-refractivity contribution in [3.8, 4) is 17.2 Å². The van der Waals surface area contributed by atoms with Gasteiger partial charge in [-0.15, -0.1) is 0 Å². The van der Waals surface area contributed by atoms with Gasteiger partial charge in [0, 0.05) is 17.5 Å². The molecule has 3 rings (SSSR count). The van der Waals surface area contributed by atoms with E-state index in [0.29, 0.717) is 39.0 Å². The Morgan fingerprint density at radius 2 is 1.67 bits per heavy atom. The zero-order chi connectivity index (χ0) is 15.0. The third-order valence-corrected chi connectivity index (χ3v) is 3.41. The summed E-state index contributed by atoms with van der Waals surface area (Å²) < 4.78 is 21.4. The molecule has 5 nitrogen and oxygen atoms in total. The summed E-state index contributed by atoms with van der Waals surface area (Å²) in [6, 6.07) is 8.65. The highest BCUT2D eigenvalue weighted by molar-refractivity contribution is 6.11. The van der Waals surface area contributed by atoms with Crippen LogP contribution in [0.15, 0.2) is 39.5 Å². The van der Waals surface area contributed by atoms with E-state index in [-0.39, 0.29) is 0 Å². The Morgan fingerprint density at radius 1 is 0.905 bits per heavy atom. The van der Waals surface area contributed by atoms with E-state index in [1.165, 1.54) is 0 Å². The lowest BCUT2D eigenvalue weighted by Crippen LogP contribution is -2.02. The molecule has 0 aliphatic rings. The lowest BCUT2D eigenvalue weighted by Gasteiger charge is -2.12. The molecule has 0 unspecified atom stereocenters. The molecule has 1 aromatic heterocycles. The van der Waals surface area contributed by atoms with Crippen LogP contribution in [0.5, 0.6) is 17.2 Å². The summed E-state index contributed by atoms with van der Waals surface area (Å²) in [6.45, 7) is 0. The van der Waals surface area contributed by atoms with Crippen LogP contribution in [0, 0.1) is 0 Å². The van der Waals surface area contributed by atoms with Crippen molar-refractivity contribution in [2.24, 2.45) is 0 Å². The van der Waals surface area contributed by atoms with Crippen LogP contribution in [0.25, 0.3) is 21.7 Å². The summed E-state index contributed by atoms with van der Waals surface area (Å²) in [5.74, 6) is 1.70. The molecule has 0 aliphatic carbocycles. The second kappa shape index (κ2) is 5.01. The Kier molecular flexibility index (Phi) is 3.17. The summed E-state index contributed by atoms with van der Waals surface area (Å²) in [6.07, 6.45) is 0. The molecule has 2 aromatic carbocycles. The average Bonchev–Trinajstić information content (AvgIpc) is 2.53.